The summed E-state index contributed by atoms with van der Waals surface area (Å²) in [5.41, 5.74) is 13.0. The summed E-state index contributed by atoms with van der Waals surface area (Å²) in [4.78, 5) is 15.2. The van der Waals surface area contributed by atoms with Crippen LogP contribution in [0.2, 0.25) is 0 Å². The number of para-hydroxylation sites is 1. The molecule has 4 saturated carbocycles. The summed E-state index contributed by atoms with van der Waals surface area (Å²) in [6.07, 6.45) is 7.05. The van der Waals surface area contributed by atoms with Gasteiger partial charge in [0, 0.05) is 27.3 Å². The quantitative estimate of drug-likeness (QED) is 0.186. The van der Waals surface area contributed by atoms with E-state index in [-0.39, 0.29) is 5.41 Å². The van der Waals surface area contributed by atoms with E-state index in [0.29, 0.717) is 17.6 Å². The Hall–Kier alpha value is -5.87. The lowest BCUT2D eigenvalue weighted by atomic mass is 9.43. The Kier molecular flexibility index (Phi) is 6.20. The van der Waals surface area contributed by atoms with Crippen molar-refractivity contribution in [2.75, 3.05) is 0 Å². The van der Waals surface area contributed by atoms with Crippen molar-refractivity contribution < 1.29 is 0 Å². The van der Waals surface area contributed by atoms with Gasteiger partial charge in [0.15, 0.2) is 11.6 Å². The van der Waals surface area contributed by atoms with Crippen molar-refractivity contribution >= 4 is 21.8 Å². The molecule has 4 nitrogen and oxygen atoms in total. The van der Waals surface area contributed by atoms with Crippen molar-refractivity contribution in [1.82, 2.24) is 19.5 Å². The van der Waals surface area contributed by atoms with E-state index in [9.17, 15) is 0 Å². The predicted octanol–water partition coefficient (Wildman–Crippen LogP) is 11.7. The van der Waals surface area contributed by atoms with E-state index in [2.05, 4.69) is 114 Å². The average Bonchev–Trinajstić information content (AvgIpc) is 3.70. The first-order valence-corrected chi connectivity index (χ1v) is 19.4. The van der Waals surface area contributed by atoms with Crippen LogP contribution < -0.4 is 0 Å². The molecule has 2 aromatic heterocycles. The standard InChI is InChI=1S/C49H38N4/c1-3-11-32(12-4-1)46-50-47(33-13-5-2-6-14-33)52-48(51-46)53-44-18-10-8-16-40(44)41-28-34(20-22-45(41)53)35-19-21-39-38-15-7-9-17-42(38)49(43(39)29-35)36-24-30-23-31(26-36)27-37(49)25-30/h1-22,28-31,36-37H,23-27H2. The van der Waals surface area contributed by atoms with Gasteiger partial charge in [-0.1, -0.05) is 121 Å². The van der Waals surface area contributed by atoms with Gasteiger partial charge in [-0.3, -0.25) is 4.57 Å². The number of aromatic nitrogens is 4. The normalized spacial score (nSPS) is 23.5. The molecule has 0 radical (unpaired) electrons. The Morgan fingerprint density at radius 2 is 1.00 bits per heavy atom. The number of nitrogens with zero attached hydrogens (tertiary/aromatic N) is 4. The Balaban J connectivity index is 1.04. The molecule has 4 fully saturated rings. The molecule has 0 aliphatic heterocycles. The SMILES string of the molecule is c1ccc(-c2nc(-c3ccccc3)nc(-n3c4ccccc4c4cc(-c5ccc6c(c5)C5(c7ccccc7-6)C6CC7CC(C6)CC5C7)ccc43)n2)cc1. The molecule has 13 rings (SSSR count). The topological polar surface area (TPSA) is 43.6 Å². The molecule has 1 spiro atoms. The first kappa shape index (κ1) is 29.7. The molecule has 0 N–H and O–H groups in total. The van der Waals surface area contributed by atoms with Crippen molar-refractivity contribution in [3.05, 3.63) is 157 Å². The smallest absolute Gasteiger partial charge is 0.238 e. The molecule has 53 heavy (non-hydrogen) atoms. The Bertz CT molecular complexity index is 2660. The fraction of sp³-hybridized carbons (Fsp3) is 0.204. The molecule has 0 saturated heterocycles. The maximum atomic E-state index is 5.14. The van der Waals surface area contributed by atoms with Crippen LogP contribution in [0.1, 0.15) is 43.2 Å². The van der Waals surface area contributed by atoms with Crippen LogP contribution in [0.4, 0.5) is 0 Å². The molecule has 5 aliphatic carbocycles. The van der Waals surface area contributed by atoms with Gasteiger partial charge in [0.05, 0.1) is 11.0 Å². The van der Waals surface area contributed by atoms with E-state index < -0.39 is 0 Å². The molecular formula is C49H38N4. The molecule has 0 amide bonds. The Labute approximate surface area is 309 Å². The molecule has 4 heteroatoms. The van der Waals surface area contributed by atoms with Gasteiger partial charge in [0.1, 0.15) is 0 Å². The summed E-state index contributed by atoms with van der Waals surface area (Å²) in [5, 5.41) is 2.40. The van der Waals surface area contributed by atoms with E-state index >= 15 is 0 Å². The molecule has 0 atom stereocenters. The second-order valence-electron chi connectivity index (χ2n) is 16.1. The van der Waals surface area contributed by atoms with Gasteiger partial charge in [0.2, 0.25) is 5.95 Å². The van der Waals surface area contributed by atoms with Crippen LogP contribution in [-0.4, -0.2) is 19.5 Å². The van der Waals surface area contributed by atoms with Crippen LogP contribution in [0.15, 0.2) is 146 Å². The number of fused-ring (bicyclic) bond motifs is 6. The highest BCUT2D eigenvalue weighted by atomic mass is 15.2. The maximum absolute atomic E-state index is 5.14. The zero-order valence-corrected chi connectivity index (χ0v) is 29.5. The highest BCUT2D eigenvalue weighted by Gasteiger charge is 2.61. The third-order valence-corrected chi connectivity index (χ3v) is 13.4. The largest absolute Gasteiger partial charge is 0.278 e. The zero-order valence-electron chi connectivity index (χ0n) is 29.5. The van der Waals surface area contributed by atoms with Gasteiger partial charge in [-0.15, -0.1) is 0 Å². The second-order valence-corrected chi connectivity index (χ2v) is 16.1. The van der Waals surface area contributed by atoms with Crippen LogP contribution in [0.25, 0.3) is 72.8 Å². The van der Waals surface area contributed by atoms with E-state index in [4.69, 9.17) is 15.0 Å². The molecule has 0 unspecified atom stereocenters. The summed E-state index contributed by atoms with van der Waals surface area (Å²) in [7, 11) is 0. The molecule has 6 aromatic carbocycles. The lowest BCUT2D eigenvalue weighted by molar-refractivity contribution is -0.0399. The highest BCUT2D eigenvalue weighted by Crippen LogP contribution is 2.69. The molecule has 8 aromatic rings. The first-order chi connectivity index (χ1) is 26.2. The summed E-state index contributed by atoms with van der Waals surface area (Å²) in [6, 6.07) is 52.9. The first-order valence-electron chi connectivity index (χ1n) is 19.4. The number of benzene rings is 6. The summed E-state index contributed by atoms with van der Waals surface area (Å²) >= 11 is 0. The third-order valence-electron chi connectivity index (χ3n) is 13.4. The van der Waals surface area contributed by atoms with Crippen LogP contribution in [0, 0.1) is 23.7 Å². The minimum absolute atomic E-state index is 0.154. The van der Waals surface area contributed by atoms with Gasteiger partial charge in [-0.2, -0.15) is 9.97 Å². The van der Waals surface area contributed by atoms with Gasteiger partial charge in [-0.05, 0) is 113 Å². The summed E-state index contributed by atoms with van der Waals surface area (Å²) < 4.78 is 2.22. The lowest BCUT2D eigenvalue weighted by Gasteiger charge is -2.61. The van der Waals surface area contributed by atoms with E-state index in [0.717, 1.165) is 45.8 Å². The van der Waals surface area contributed by atoms with Gasteiger partial charge in [0.25, 0.3) is 0 Å². The highest BCUT2D eigenvalue weighted by molar-refractivity contribution is 6.10. The van der Waals surface area contributed by atoms with Crippen molar-refractivity contribution in [1.29, 1.82) is 0 Å². The van der Waals surface area contributed by atoms with E-state index in [1.165, 1.54) is 65.1 Å². The van der Waals surface area contributed by atoms with Gasteiger partial charge < -0.3 is 0 Å². The number of rotatable bonds is 4. The molecular weight excluding hydrogens is 645 g/mol. The van der Waals surface area contributed by atoms with Crippen molar-refractivity contribution in [2.45, 2.75) is 37.5 Å². The fourth-order valence-corrected chi connectivity index (χ4v) is 11.6. The summed E-state index contributed by atoms with van der Waals surface area (Å²) in [5.74, 6) is 5.30. The predicted molar refractivity (Wildman–Crippen MR) is 214 cm³/mol. The minimum Gasteiger partial charge on any atom is -0.278 e. The molecule has 254 valence electrons. The van der Waals surface area contributed by atoms with Crippen LogP contribution in [-0.2, 0) is 5.41 Å². The van der Waals surface area contributed by atoms with Gasteiger partial charge in [-0.25, -0.2) is 4.98 Å². The molecule has 4 bridgehead atoms. The third kappa shape index (κ3) is 4.21. The number of hydrogen-bond donors (Lipinski definition) is 0. The Morgan fingerprint density at radius 3 is 1.72 bits per heavy atom. The van der Waals surface area contributed by atoms with Crippen molar-refractivity contribution in [3.63, 3.8) is 0 Å². The van der Waals surface area contributed by atoms with E-state index in [1.54, 1.807) is 11.1 Å². The van der Waals surface area contributed by atoms with Crippen LogP contribution >= 0.6 is 0 Å². The van der Waals surface area contributed by atoms with Crippen LogP contribution in [0.5, 0.6) is 0 Å². The van der Waals surface area contributed by atoms with Crippen molar-refractivity contribution in [3.8, 4) is 51.0 Å². The van der Waals surface area contributed by atoms with Crippen molar-refractivity contribution in [2.24, 2.45) is 23.7 Å². The maximum Gasteiger partial charge on any atom is 0.238 e. The van der Waals surface area contributed by atoms with E-state index in [1.807, 2.05) is 36.4 Å². The monoisotopic (exact) mass is 682 g/mol. The van der Waals surface area contributed by atoms with Crippen LogP contribution in [0.3, 0.4) is 0 Å². The summed E-state index contributed by atoms with van der Waals surface area (Å²) in [6.45, 7) is 0. The number of hydrogen-bond acceptors (Lipinski definition) is 3. The van der Waals surface area contributed by atoms with Gasteiger partial charge >= 0.3 is 0 Å². The zero-order chi connectivity index (χ0) is 34.7. The average molecular weight is 683 g/mol. The lowest BCUT2D eigenvalue weighted by Crippen LogP contribution is -2.55. The molecule has 5 aliphatic rings. The Morgan fingerprint density at radius 1 is 0.434 bits per heavy atom. The fourth-order valence-electron chi connectivity index (χ4n) is 11.6. The minimum atomic E-state index is 0.154. The second kappa shape index (κ2) is 11.1. The molecule has 2 heterocycles.